The van der Waals surface area contributed by atoms with Gasteiger partial charge in [0.25, 0.3) is 11.4 Å². The molecule has 6 rings (SSSR count). The molecule has 41 heavy (non-hydrogen) atoms. The van der Waals surface area contributed by atoms with Crippen molar-refractivity contribution >= 4 is 28.6 Å². The van der Waals surface area contributed by atoms with E-state index in [-0.39, 0.29) is 30.0 Å². The summed E-state index contributed by atoms with van der Waals surface area (Å²) in [5.74, 6) is 1.52. The Hall–Kier alpha value is -5.43. The third kappa shape index (κ3) is 5.25. The molecule has 6 aromatic rings. The minimum absolute atomic E-state index is 0.00747. The Morgan fingerprint density at radius 3 is 2.59 bits per heavy atom. The number of rotatable bonds is 9. The van der Waals surface area contributed by atoms with Gasteiger partial charge in [-0.15, -0.1) is 0 Å². The highest BCUT2D eigenvalue weighted by molar-refractivity contribution is 5.77. The number of hydrogen-bond acceptors (Lipinski definition) is 11. The highest BCUT2D eigenvalue weighted by Gasteiger charge is 2.21. The average molecular weight is 551 g/mol. The molecule has 0 unspecified atom stereocenters. The van der Waals surface area contributed by atoms with Crippen LogP contribution in [0.5, 0.6) is 0 Å². The topological polar surface area (TPSA) is 173 Å². The van der Waals surface area contributed by atoms with Crippen molar-refractivity contribution in [3.63, 3.8) is 0 Å². The first-order valence-electron chi connectivity index (χ1n) is 12.9. The van der Waals surface area contributed by atoms with Crippen molar-refractivity contribution in [2.24, 2.45) is 0 Å². The molecule has 0 spiro atoms. The van der Waals surface area contributed by atoms with E-state index in [2.05, 4.69) is 45.8 Å². The van der Waals surface area contributed by atoms with Crippen LogP contribution in [-0.2, 0) is 0 Å². The van der Waals surface area contributed by atoms with E-state index < -0.39 is 6.04 Å². The van der Waals surface area contributed by atoms with E-state index in [0.29, 0.717) is 39.8 Å². The second-order valence-corrected chi connectivity index (χ2v) is 9.48. The smallest absolute Gasteiger partial charge is 0.273 e. The van der Waals surface area contributed by atoms with Gasteiger partial charge in [-0.25, -0.2) is 9.97 Å². The molecule has 13 heteroatoms. The molecular formula is C28H26N10O3. The third-order valence-electron chi connectivity index (χ3n) is 6.36. The largest absolute Gasteiger partial charge is 0.394 e. The number of aliphatic hydroxyl groups excluding tert-OH is 1. The van der Waals surface area contributed by atoms with Crippen molar-refractivity contribution in [1.29, 1.82) is 0 Å². The number of nitrogens with one attached hydrogen (secondary N) is 3. The number of pyridine rings is 2. The summed E-state index contributed by atoms with van der Waals surface area (Å²) >= 11 is 0. The van der Waals surface area contributed by atoms with Crippen LogP contribution in [0.1, 0.15) is 31.5 Å². The molecule has 1 atom stereocenters. The second kappa shape index (κ2) is 11.0. The SMILES string of the molecule is CC(C)n1[nH]c(=O)c2ccc(Nc3ncc(-c4nc(-c5ccccn5)no4)c(N[C@H](CO)c4ccccc4)n3)nc21. The maximum Gasteiger partial charge on any atom is 0.273 e. The van der Waals surface area contributed by atoms with Gasteiger partial charge < -0.3 is 20.3 Å². The number of H-pyrrole nitrogens is 1. The van der Waals surface area contributed by atoms with Gasteiger partial charge in [0, 0.05) is 18.4 Å². The standard InChI is InChI=1S/C28H26N10O3/c1-16(2)38-25-18(26(40)36-38)11-12-22(32-25)33-28-30-14-19(27-34-24(37-41-27)20-10-6-7-13-29-20)23(35-28)31-21(15-39)17-8-4-3-5-9-17/h3-14,16,21,39H,15H2,1-2H3,(H,36,40)(H2,30,31,32,33,35)/t21-/m1/s1. The van der Waals surface area contributed by atoms with E-state index in [4.69, 9.17) is 4.52 Å². The molecule has 0 amide bonds. The van der Waals surface area contributed by atoms with E-state index >= 15 is 0 Å². The predicted molar refractivity (Wildman–Crippen MR) is 152 cm³/mol. The molecule has 1 aromatic carbocycles. The van der Waals surface area contributed by atoms with Crippen LogP contribution in [-0.4, -0.2) is 51.6 Å². The van der Waals surface area contributed by atoms with Crippen molar-refractivity contribution in [1.82, 2.24) is 39.9 Å². The second-order valence-electron chi connectivity index (χ2n) is 9.48. The van der Waals surface area contributed by atoms with Gasteiger partial charge in [0.2, 0.25) is 11.8 Å². The first kappa shape index (κ1) is 25.8. The summed E-state index contributed by atoms with van der Waals surface area (Å²) in [5, 5.41) is 24.0. The zero-order valence-corrected chi connectivity index (χ0v) is 22.2. The van der Waals surface area contributed by atoms with Gasteiger partial charge in [-0.1, -0.05) is 41.6 Å². The van der Waals surface area contributed by atoms with E-state index in [9.17, 15) is 9.90 Å². The van der Waals surface area contributed by atoms with Crippen molar-refractivity contribution in [3.8, 4) is 23.0 Å². The van der Waals surface area contributed by atoms with Crippen LogP contribution >= 0.6 is 0 Å². The molecule has 5 heterocycles. The summed E-state index contributed by atoms with van der Waals surface area (Å²) in [6, 6.07) is 17.8. The summed E-state index contributed by atoms with van der Waals surface area (Å²) < 4.78 is 7.27. The first-order valence-corrected chi connectivity index (χ1v) is 12.9. The lowest BCUT2D eigenvalue weighted by atomic mass is 10.1. The van der Waals surface area contributed by atoms with Gasteiger partial charge >= 0.3 is 0 Å². The Balaban J connectivity index is 1.38. The summed E-state index contributed by atoms with van der Waals surface area (Å²) in [5.41, 5.74) is 2.16. The van der Waals surface area contributed by atoms with E-state index in [1.54, 1.807) is 41.3 Å². The average Bonchev–Trinajstić information content (AvgIpc) is 3.62. The maximum absolute atomic E-state index is 12.3. The summed E-state index contributed by atoms with van der Waals surface area (Å²) in [6.45, 7) is 3.72. The molecule has 0 fully saturated rings. The number of benzene rings is 1. The Morgan fingerprint density at radius 1 is 1.00 bits per heavy atom. The molecule has 4 N–H and O–H groups in total. The number of aromatic amines is 1. The molecule has 0 aliphatic heterocycles. The number of nitrogens with zero attached hydrogens (tertiary/aromatic N) is 7. The number of fused-ring (bicyclic) bond motifs is 1. The Kier molecular flexibility index (Phi) is 6.92. The fourth-order valence-electron chi connectivity index (χ4n) is 4.31. The first-order chi connectivity index (χ1) is 20.0. The molecule has 13 nitrogen and oxygen atoms in total. The van der Waals surface area contributed by atoms with Crippen LogP contribution in [0.25, 0.3) is 34.0 Å². The van der Waals surface area contributed by atoms with Crippen molar-refractivity contribution in [2.75, 3.05) is 17.2 Å². The van der Waals surface area contributed by atoms with Gasteiger partial charge in [-0.3, -0.25) is 19.6 Å². The minimum Gasteiger partial charge on any atom is -0.394 e. The molecule has 206 valence electrons. The summed E-state index contributed by atoms with van der Waals surface area (Å²) in [7, 11) is 0. The number of hydrogen-bond donors (Lipinski definition) is 4. The third-order valence-corrected chi connectivity index (χ3v) is 6.36. The van der Waals surface area contributed by atoms with Crippen molar-refractivity contribution in [3.05, 3.63) is 89.0 Å². The van der Waals surface area contributed by atoms with E-state index in [1.807, 2.05) is 50.2 Å². The van der Waals surface area contributed by atoms with Crippen molar-refractivity contribution in [2.45, 2.75) is 25.9 Å². The highest BCUT2D eigenvalue weighted by atomic mass is 16.5. The highest BCUT2D eigenvalue weighted by Crippen LogP contribution is 2.30. The fraction of sp³-hybridized carbons (Fsp3) is 0.179. The molecule has 0 radical (unpaired) electrons. The minimum atomic E-state index is -0.481. The van der Waals surface area contributed by atoms with Gasteiger partial charge in [-0.05, 0) is 43.7 Å². The Labute approximate surface area is 233 Å². The van der Waals surface area contributed by atoms with Crippen molar-refractivity contribution < 1.29 is 9.63 Å². The quantitative estimate of drug-likeness (QED) is 0.204. The van der Waals surface area contributed by atoms with Crippen LogP contribution in [0, 0.1) is 0 Å². The molecule has 0 bridgehead atoms. The predicted octanol–water partition coefficient (Wildman–Crippen LogP) is 4.10. The zero-order chi connectivity index (χ0) is 28.3. The number of anilines is 3. The van der Waals surface area contributed by atoms with Gasteiger partial charge in [0.15, 0.2) is 5.65 Å². The molecule has 5 aromatic heterocycles. The lowest BCUT2D eigenvalue weighted by molar-refractivity contribution is 0.276. The van der Waals surface area contributed by atoms with Gasteiger partial charge in [0.05, 0.1) is 18.0 Å². The van der Waals surface area contributed by atoms with E-state index in [0.717, 1.165) is 5.56 Å². The van der Waals surface area contributed by atoms with Gasteiger partial charge in [0.1, 0.15) is 22.9 Å². The maximum atomic E-state index is 12.3. The number of aromatic nitrogens is 8. The lowest BCUT2D eigenvalue weighted by Gasteiger charge is -2.19. The summed E-state index contributed by atoms with van der Waals surface area (Å²) in [4.78, 5) is 34.8. The fourth-order valence-corrected chi connectivity index (χ4v) is 4.31. The Morgan fingerprint density at radius 2 is 1.83 bits per heavy atom. The van der Waals surface area contributed by atoms with Crippen LogP contribution in [0.4, 0.5) is 17.6 Å². The molecule has 0 aliphatic carbocycles. The molecule has 0 aliphatic rings. The van der Waals surface area contributed by atoms with E-state index in [1.165, 1.54) is 0 Å². The normalized spacial score (nSPS) is 12.1. The zero-order valence-electron chi connectivity index (χ0n) is 22.2. The van der Waals surface area contributed by atoms with Crippen LogP contribution in [0.3, 0.4) is 0 Å². The van der Waals surface area contributed by atoms with Gasteiger partial charge in [-0.2, -0.15) is 9.97 Å². The lowest BCUT2D eigenvalue weighted by Crippen LogP contribution is -2.17. The summed E-state index contributed by atoms with van der Waals surface area (Å²) in [6.07, 6.45) is 3.19. The van der Waals surface area contributed by atoms with Crippen LogP contribution in [0.2, 0.25) is 0 Å². The molecule has 0 saturated carbocycles. The Bertz CT molecular complexity index is 1850. The monoisotopic (exact) mass is 550 g/mol. The van der Waals surface area contributed by atoms with Crippen LogP contribution in [0.15, 0.2) is 82.4 Å². The van der Waals surface area contributed by atoms with Crippen LogP contribution < -0.4 is 16.2 Å². The molecular weight excluding hydrogens is 524 g/mol. The number of aliphatic hydroxyl groups is 1. The molecule has 0 saturated heterocycles.